The molecule has 3 aromatic rings. The van der Waals surface area contributed by atoms with E-state index >= 15 is 0 Å². The van der Waals surface area contributed by atoms with Gasteiger partial charge in [0.05, 0.1) is 17.1 Å². The summed E-state index contributed by atoms with van der Waals surface area (Å²) in [6.45, 7) is 7.98. The van der Waals surface area contributed by atoms with E-state index in [2.05, 4.69) is 25.1 Å². The van der Waals surface area contributed by atoms with Gasteiger partial charge in [0, 0.05) is 6.04 Å². The third-order valence-electron chi connectivity index (χ3n) is 3.97. The molecule has 0 spiro atoms. The first-order valence-corrected chi connectivity index (χ1v) is 8.36. The quantitative estimate of drug-likeness (QED) is 0.715. The number of fused-ring (bicyclic) bond motifs is 1. The third-order valence-corrected chi connectivity index (χ3v) is 3.97. The normalized spacial score (nSPS) is 13.6. The van der Waals surface area contributed by atoms with E-state index in [0.29, 0.717) is 11.5 Å². The molecule has 0 saturated heterocycles. The van der Waals surface area contributed by atoms with Crippen molar-refractivity contribution in [2.45, 2.75) is 45.6 Å². The summed E-state index contributed by atoms with van der Waals surface area (Å²) in [5.74, 6) is 0.355. The summed E-state index contributed by atoms with van der Waals surface area (Å²) in [4.78, 5) is 8.61. The van der Waals surface area contributed by atoms with Gasteiger partial charge in [0.15, 0.2) is 5.65 Å². The van der Waals surface area contributed by atoms with Crippen LogP contribution in [0.25, 0.3) is 11.0 Å². The van der Waals surface area contributed by atoms with Gasteiger partial charge in [-0.2, -0.15) is 5.10 Å². The van der Waals surface area contributed by atoms with Gasteiger partial charge < -0.3 is 10.1 Å². The molecule has 144 valence electrons. The first kappa shape index (κ1) is 18.9. The maximum atomic E-state index is 12.3. The Hall–Kier alpha value is -2.84. The maximum absolute atomic E-state index is 12.3. The lowest BCUT2D eigenvalue weighted by Gasteiger charge is -2.20. The molecule has 3 rings (SSSR count). The zero-order chi connectivity index (χ0) is 19.8. The molecular formula is C18H20F3N5O. The molecule has 2 heterocycles. The Bertz CT molecular complexity index is 929. The molecule has 0 fully saturated rings. The molecule has 0 aliphatic carbocycles. The van der Waals surface area contributed by atoms with Gasteiger partial charge in [-0.05, 0) is 45.4 Å². The number of benzene rings is 1. The fourth-order valence-corrected chi connectivity index (χ4v) is 2.70. The van der Waals surface area contributed by atoms with Gasteiger partial charge in [0.1, 0.15) is 17.9 Å². The first-order valence-electron chi connectivity index (χ1n) is 8.36. The van der Waals surface area contributed by atoms with Gasteiger partial charge in [0.2, 0.25) is 0 Å². The van der Waals surface area contributed by atoms with E-state index in [9.17, 15) is 13.2 Å². The SMILES string of the molecule is C[C@H](Nc1ncnc2c1cnn2C(C)(C)C)c1ccc(OC(F)(F)F)cc1. The third kappa shape index (κ3) is 4.29. The van der Waals surface area contributed by atoms with Crippen LogP contribution in [0.2, 0.25) is 0 Å². The van der Waals surface area contributed by atoms with E-state index in [4.69, 9.17) is 0 Å². The number of aromatic nitrogens is 4. The van der Waals surface area contributed by atoms with E-state index in [0.717, 1.165) is 10.9 Å². The van der Waals surface area contributed by atoms with Crippen LogP contribution in [0.1, 0.15) is 39.3 Å². The lowest BCUT2D eigenvalue weighted by Crippen LogP contribution is -2.23. The fourth-order valence-electron chi connectivity index (χ4n) is 2.70. The molecule has 2 aromatic heterocycles. The molecule has 9 heteroatoms. The van der Waals surface area contributed by atoms with Crippen molar-refractivity contribution in [2.24, 2.45) is 0 Å². The Labute approximate surface area is 154 Å². The number of alkyl halides is 3. The van der Waals surface area contributed by atoms with Crippen LogP contribution < -0.4 is 10.1 Å². The van der Waals surface area contributed by atoms with Gasteiger partial charge in [-0.25, -0.2) is 14.6 Å². The average Bonchev–Trinajstić information content (AvgIpc) is 2.99. The van der Waals surface area contributed by atoms with Crippen LogP contribution in [0.3, 0.4) is 0 Å². The number of ether oxygens (including phenoxy) is 1. The minimum absolute atomic E-state index is 0.193. The maximum Gasteiger partial charge on any atom is 0.573 e. The summed E-state index contributed by atoms with van der Waals surface area (Å²) in [5.41, 5.74) is 1.27. The summed E-state index contributed by atoms with van der Waals surface area (Å²) in [6.07, 6.45) is -1.54. The number of halogens is 3. The van der Waals surface area contributed by atoms with Crippen molar-refractivity contribution in [3.63, 3.8) is 0 Å². The van der Waals surface area contributed by atoms with Crippen LogP contribution >= 0.6 is 0 Å². The number of nitrogens with zero attached hydrogens (tertiary/aromatic N) is 4. The van der Waals surface area contributed by atoms with Crippen LogP contribution in [0, 0.1) is 0 Å². The minimum atomic E-state index is -4.70. The van der Waals surface area contributed by atoms with Crippen molar-refractivity contribution in [2.75, 3.05) is 5.32 Å². The van der Waals surface area contributed by atoms with Crippen LogP contribution in [0.5, 0.6) is 5.75 Å². The number of anilines is 1. The van der Waals surface area contributed by atoms with E-state index < -0.39 is 6.36 Å². The Morgan fingerprint density at radius 2 is 1.74 bits per heavy atom. The fraction of sp³-hybridized carbons (Fsp3) is 0.389. The van der Waals surface area contributed by atoms with Gasteiger partial charge in [0.25, 0.3) is 0 Å². The summed E-state index contributed by atoms with van der Waals surface area (Å²) in [5, 5.41) is 8.44. The van der Waals surface area contributed by atoms with Crippen molar-refractivity contribution in [3.8, 4) is 5.75 Å². The molecule has 1 N–H and O–H groups in total. The highest BCUT2D eigenvalue weighted by molar-refractivity contribution is 5.86. The number of nitrogens with one attached hydrogen (secondary N) is 1. The largest absolute Gasteiger partial charge is 0.573 e. The van der Waals surface area contributed by atoms with E-state index in [1.165, 1.54) is 18.5 Å². The summed E-state index contributed by atoms with van der Waals surface area (Å²) in [7, 11) is 0. The zero-order valence-corrected chi connectivity index (χ0v) is 15.4. The van der Waals surface area contributed by atoms with Crippen LogP contribution in [-0.2, 0) is 5.54 Å². The number of hydrogen-bond donors (Lipinski definition) is 1. The molecular weight excluding hydrogens is 359 g/mol. The van der Waals surface area contributed by atoms with Crippen molar-refractivity contribution in [3.05, 3.63) is 42.4 Å². The molecule has 0 bridgehead atoms. The van der Waals surface area contributed by atoms with Crippen molar-refractivity contribution in [1.82, 2.24) is 19.7 Å². The van der Waals surface area contributed by atoms with Gasteiger partial charge in [-0.3, -0.25) is 0 Å². The highest BCUT2D eigenvalue weighted by Crippen LogP contribution is 2.28. The Balaban J connectivity index is 1.82. The second kappa shape index (κ2) is 6.71. The smallest absolute Gasteiger partial charge is 0.406 e. The monoisotopic (exact) mass is 379 g/mol. The van der Waals surface area contributed by atoms with Crippen LogP contribution in [-0.4, -0.2) is 26.1 Å². The standard InChI is InChI=1S/C18H20F3N5O/c1-11(12-5-7-13(8-6-12)27-18(19,20)21)25-15-14-9-24-26(17(2,3)4)16(14)23-10-22-15/h5-11H,1-4H3,(H,22,23,25)/t11-/m0/s1. The summed E-state index contributed by atoms with van der Waals surface area (Å²) < 4.78 is 42.5. The number of rotatable bonds is 4. The summed E-state index contributed by atoms with van der Waals surface area (Å²) in [6, 6.07) is 5.54. The van der Waals surface area contributed by atoms with Gasteiger partial charge >= 0.3 is 6.36 Å². The Kier molecular flexibility index (Phi) is 4.71. The van der Waals surface area contributed by atoms with E-state index in [1.54, 1.807) is 18.3 Å². The average molecular weight is 379 g/mol. The molecule has 0 aliphatic rings. The minimum Gasteiger partial charge on any atom is -0.406 e. The van der Waals surface area contributed by atoms with Crippen molar-refractivity contribution >= 4 is 16.9 Å². The van der Waals surface area contributed by atoms with Crippen LogP contribution in [0.4, 0.5) is 19.0 Å². The molecule has 1 aromatic carbocycles. The second-order valence-electron chi connectivity index (χ2n) is 7.17. The zero-order valence-electron chi connectivity index (χ0n) is 15.4. The molecule has 1 atom stereocenters. The van der Waals surface area contributed by atoms with Gasteiger partial charge in [-0.15, -0.1) is 13.2 Å². The predicted molar refractivity (Wildman–Crippen MR) is 95.5 cm³/mol. The molecule has 0 saturated carbocycles. The molecule has 6 nitrogen and oxygen atoms in total. The van der Waals surface area contributed by atoms with E-state index in [1.807, 2.05) is 32.4 Å². The van der Waals surface area contributed by atoms with Gasteiger partial charge in [-0.1, -0.05) is 12.1 Å². The number of hydrogen-bond acceptors (Lipinski definition) is 5. The topological polar surface area (TPSA) is 64.9 Å². The van der Waals surface area contributed by atoms with Crippen LogP contribution in [0.15, 0.2) is 36.8 Å². The van der Waals surface area contributed by atoms with Crippen molar-refractivity contribution < 1.29 is 17.9 Å². The highest BCUT2D eigenvalue weighted by atomic mass is 19.4. The molecule has 0 aliphatic heterocycles. The highest BCUT2D eigenvalue weighted by Gasteiger charge is 2.31. The first-order chi connectivity index (χ1) is 12.5. The van der Waals surface area contributed by atoms with E-state index in [-0.39, 0.29) is 17.3 Å². The Morgan fingerprint density at radius 3 is 2.33 bits per heavy atom. The molecule has 0 radical (unpaired) electrons. The lowest BCUT2D eigenvalue weighted by molar-refractivity contribution is -0.274. The second-order valence-corrected chi connectivity index (χ2v) is 7.17. The Morgan fingerprint density at radius 1 is 1.07 bits per heavy atom. The van der Waals surface area contributed by atoms with Crippen molar-refractivity contribution in [1.29, 1.82) is 0 Å². The molecule has 0 unspecified atom stereocenters. The molecule has 0 amide bonds. The molecule has 27 heavy (non-hydrogen) atoms. The summed E-state index contributed by atoms with van der Waals surface area (Å²) >= 11 is 0. The predicted octanol–water partition coefficient (Wildman–Crippen LogP) is 4.65. The lowest BCUT2D eigenvalue weighted by atomic mass is 10.1.